The summed E-state index contributed by atoms with van der Waals surface area (Å²) in [6, 6.07) is 3.72. The number of nitrogens with one attached hydrogen (secondary N) is 2. The van der Waals surface area contributed by atoms with Crippen LogP contribution in [0.25, 0.3) is 11.0 Å². The lowest BCUT2D eigenvalue weighted by molar-refractivity contribution is 0.152. The molecule has 0 radical (unpaired) electrons. The number of aromatic nitrogens is 2. The molecule has 7 nitrogen and oxygen atoms in total. The minimum absolute atomic E-state index is 0.0731. The highest BCUT2D eigenvalue weighted by Crippen LogP contribution is 2.09. The van der Waals surface area contributed by atoms with E-state index in [0.29, 0.717) is 5.52 Å². The van der Waals surface area contributed by atoms with E-state index >= 15 is 0 Å². The first-order valence-corrected chi connectivity index (χ1v) is 6.36. The first kappa shape index (κ1) is 14.8. The summed E-state index contributed by atoms with van der Waals surface area (Å²) in [6.45, 7) is 2.08. The summed E-state index contributed by atoms with van der Waals surface area (Å²) >= 11 is 0. The third-order valence-corrected chi connectivity index (χ3v) is 2.82. The molecule has 0 unspecified atom stereocenters. The fraction of sp³-hybridized carbons (Fsp3) is 0.308. The number of fused-ring (bicyclic) bond motifs is 1. The van der Waals surface area contributed by atoms with Gasteiger partial charge in [-0.25, -0.2) is 9.18 Å². The maximum absolute atomic E-state index is 13.2. The summed E-state index contributed by atoms with van der Waals surface area (Å²) in [5.74, 6) is -0.520. The van der Waals surface area contributed by atoms with Gasteiger partial charge < -0.3 is 19.6 Å². The van der Waals surface area contributed by atoms with Gasteiger partial charge in [-0.2, -0.15) is 0 Å². The van der Waals surface area contributed by atoms with Gasteiger partial charge >= 0.3 is 17.2 Å². The van der Waals surface area contributed by atoms with Crippen LogP contribution >= 0.6 is 0 Å². The second-order valence-electron chi connectivity index (χ2n) is 4.22. The Hall–Kier alpha value is -2.64. The van der Waals surface area contributed by atoms with Gasteiger partial charge in [0.2, 0.25) is 0 Å². The molecule has 1 aromatic carbocycles. The molecule has 0 fully saturated rings. The molecular formula is C13H14FN3O4. The lowest BCUT2D eigenvalue weighted by atomic mass is 10.3. The Balaban J connectivity index is 2.30. The van der Waals surface area contributed by atoms with Crippen molar-refractivity contribution in [3.05, 3.63) is 44.7 Å². The van der Waals surface area contributed by atoms with Crippen LogP contribution in [0, 0.1) is 5.82 Å². The van der Waals surface area contributed by atoms with Crippen LogP contribution in [0.5, 0.6) is 0 Å². The summed E-state index contributed by atoms with van der Waals surface area (Å²) in [7, 11) is 0. The molecule has 0 aliphatic rings. The number of hydrogen-bond donors (Lipinski definition) is 2. The molecule has 0 atom stereocenters. The van der Waals surface area contributed by atoms with Gasteiger partial charge in [0.05, 0.1) is 17.6 Å². The lowest BCUT2D eigenvalue weighted by Crippen LogP contribution is -2.39. The molecule has 1 amide bonds. The Morgan fingerprint density at radius 3 is 2.90 bits per heavy atom. The monoisotopic (exact) mass is 295 g/mol. The van der Waals surface area contributed by atoms with E-state index in [1.807, 2.05) is 0 Å². The fourth-order valence-corrected chi connectivity index (χ4v) is 1.93. The average Bonchev–Trinajstić information content (AvgIpc) is 2.43. The van der Waals surface area contributed by atoms with Crippen molar-refractivity contribution in [1.82, 2.24) is 14.9 Å². The molecule has 2 aromatic rings. The second kappa shape index (κ2) is 6.21. The van der Waals surface area contributed by atoms with E-state index in [1.165, 1.54) is 16.7 Å². The quantitative estimate of drug-likeness (QED) is 0.807. The zero-order chi connectivity index (χ0) is 15.4. The van der Waals surface area contributed by atoms with E-state index in [-0.39, 0.29) is 25.2 Å². The van der Waals surface area contributed by atoms with E-state index in [0.717, 1.165) is 6.07 Å². The number of hydrogen-bond acceptors (Lipinski definition) is 4. The van der Waals surface area contributed by atoms with Crippen molar-refractivity contribution in [2.75, 3.05) is 13.2 Å². The molecule has 112 valence electrons. The van der Waals surface area contributed by atoms with Crippen LogP contribution in [-0.4, -0.2) is 28.8 Å². The molecule has 2 rings (SSSR count). The van der Waals surface area contributed by atoms with Crippen LogP contribution in [0.2, 0.25) is 0 Å². The topological polar surface area (TPSA) is 93.2 Å². The van der Waals surface area contributed by atoms with E-state index in [1.54, 1.807) is 6.92 Å². The van der Waals surface area contributed by atoms with Crippen molar-refractivity contribution in [2.45, 2.75) is 13.5 Å². The maximum Gasteiger partial charge on any atom is 0.407 e. The van der Waals surface area contributed by atoms with Crippen LogP contribution in [0.4, 0.5) is 9.18 Å². The van der Waals surface area contributed by atoms with Gasteiger partial charge in [-0.1, -0.05) is 0 Å². The summed E-state index contributed by atoms with van der Waals surface area (Å²) in [5, 5.41) is 2.45. The molecule has 21 heavy (non-hydrogen) atoms. The molecule has 0 saturated heterocycles. The van der Waals surface area contributed by atoms with Crippen molar-refractivity contribution < 1.29 is 13.9 Å². The largest absolute Gasteiger partial charge is 0.450 e. The van der Waals surface area contributed by atoms with Gasteiger partial charge in [-0.3, -0.25) is 9.59 Å². The maximum atomic E-state index is 13.2. The number of carbonyl (C=O) groups is 1. The fourth-order valence-electron chi connectivity index (χ4n) is 1.93. The van der Waals surface area contributed by atoms with E-state index in [4.69, 9.17) is 0 Å². The zero-order valence-electron chi connectivity index (χ0n) is 11.3. The number of aromatic amines is 1. The predicted octanol–water partition coefficient (Wildman–Crippen LogP) is 0.575. The van der Waals surface area contributed by atoms with Crippen molar-refractivity contribution in [3.63, 3.8) is 0 Å². The highest BCUT2D eigenvalue weighted by atomic mass is 19.1. The lowest BCUT2D eigenvalue weighted by Gasteiger charge is -2.10. The first-order chi connectivity index (χ1) is 10.0. The molecule has 0 bridgehead atoms. The van der Waals surface area contributed by atoms with Crippen molar-refractivity contribution in [1.29, 1.82) is 0 Å². The smallest absolute Gasteiger partial charge is 0.407 e. The average molecular weight is 295 g/mol. The van der Waals surface area contributed by atoms with E-state index < -0.39 is 23.0 Å². The molecule has 0 spiro atoms. The van der Waals surface area contributed by atoms with Crippen molar-refractivity contribution >= 4 is 17.1 Å². The van der Waals surface area contributed by atoms with Crippen LogP contribution in [0.3, 0.4) is 0 Å². The number of H-pyrrole nitrogens is 1. The third-order valence-electron chi connectivity index (χ3n) is 2.82. The normalized spacial score (nSPS) is 10.6. The predicted molar refractivity (Wildman–Crippen MR) is 73.8 cm³/mol. The van der Waals surface area contributed by atoms with Gasteiger partial charge in [-0.05, 0) is 25.1 Å². The Kier molecular flexibility index (Phi) is 4.36. The number of nitrogens with zero attached hydrogens (tertiary/aromatic N) is 1. The van der Waals surface area contributed by atoms with E-state index in [2.05, 4.69) is 15.0 Å². The highest BCUT2D eigenvalue weighted by molar-refractivity contribution is 5.74. The number of amides is 1. The van der Waals surface area contributed by atoms with Crippen LogP contribution < -0.4 is 16.4 Å². The number of carbonyl (C=O) groups excluding carboxylic acids is 1. The molecule has 1 heterocycles. The Morgan fingerprint density at radius 2 is 2.19 bits per heavy atom. The molecule has 1 aromatic heterocycles. The summed E-state index contributed by atoms with van der Waals surface area (Å²) in [5.41, 5.74) is -1.01. The summed E-state index contributed by atoms with van der Waals surface area (Å²) in [6.07, 6.45) is -0.606. The van der Waals surface area contributed by atoms with Crippen molar-refractivity contribution in [3.8, 4) is 0 Å². The molecule has 2 N–H and O–H groups in total. The number of rotatable bonds is 4. The van der Waals surface area contributed by atoms with E-state index in [9.17, 15) is 18.8 Å². The number of alkyl carbamates (subject to hydrolysis) is 1. The third kappa shape index (κ3) is 3.28. The molecule has 0 saturated carbocycles. The standard InChI is InChI=1S/C13H14FN3O4/c1-2-21-13(20)15-5-6-17-10-4-3-8(14)7-9(10)16-11(18)12(17)19/h3-4,7H,2,5-6H2,1H3,(H,15,20)(H,16,18). The van der Waals surface area contributed by atoms with Gasteiger partial charge in [-0.15, -0.1) is 0 Å². The first-order valence-electron chi connectivity index (χ1n) is 6.36. The summed E-state index contributed by atoms with van der Waals surface area (Å²) < 4.78 is 19.0. The van der Waals surface area contributed by atoms with Crippen LogP contribution in [0.15, 0.2) is 27.8 Å². The minimum atomic E-state index is -0.843. The van der Waals surface area contributed by atoms with Gasteiger partial charge in [0, 0.05) is 13.1 Å². The van der Waals surface area contributed by atoms with Gasteiger partial charge in [0.25, 0.3) is 0 Å². The Labute approximate surface area is 118 Å². The molecular weight excluding hydrogens is 281 g/mol. The van der Waals surface area contributed by atoms with Gasteiger partial charge in [0.15, 0.2) is 0 Å². The van der Waals surface area contributed by atoms with Crippen molar-refractivity contribution in [2.24, 2.45) is 0 Å². The SMILES string of the molecule is CCOC(=O)NCCn1c(=O)c(=O)[nH]c2cc(F)ccc21. The number of halogens is 1. The Bertz CT molecular complexity index is 781. The van der Waals surface area contributed by atoms with Gasteiger partial charge in [0.1, 0.15) is 5.82 Å². The number of benzene rings is 1. The highest BCUT2D eigenvalue weighted by Gasteiger charge is 2.09. The molecule has 0 aliphatic heterocycles. The molecule has 8 heteroatoms. The Morgan fingerprint density at radius 1 is 1.43 bits per heavy atom. The zero-order valence-corrected chi connectivity index (χ0v) is 11.3. The summed E-state index contributed by atoms with van der Waals surface area (Å²) in [4.78, 5) is 36.9. The minimum Gasteiger partial charge on any atom is -0.450 e. The van der Waals surface area contributed by atoms with Crippen LogP contribution in [-0.2, 0) is 11.3 Å². The van der Waals surface area contributed by atoms with Crippen LogP contribution in [0.1, 0.15) is 6.92 Å². The number of ether oxygens (including phenoxy) is 1. The second-order valence-corrected chi connectivity index (χ2v) is 4.22. The molecule has 0 aliphatic carbocycles.